The molecule has 4 nitrogen and oxygen atoms in total. The van der Waals surface area contributed by atoms with Crippen molar-refractivity contribution in [2.75, 3.05) is 13.2 Å². The maximum Gasteiger partial charge on any atom is 0.0951 e. The summed E-state index contributed by atoms with van der Waals surface area (Å²) >= 11 is 0. The Labute approximate surface area is 95.9 Å². The molecule has 2 fully saturated rings. The zero-order chi connectivity index (χ0) is 11.0. The van der Waals surface area contributed by atoms with Crippen molar-refractivity contribution in [3.8, 4) is 0 Å². The van der Waals surface area contributed by atoms with Crippen LogP contribution in [0.25, 0.3) is 0 Å². The van der Waals surface area contributed by atoms with Gasteiger partial charge in [-0.15, -0.1) is 0 Å². The van der Waals surface area contributed by atoms with E-state index in [1.54, 1.807) is 0 Å². The normalized spacial score (nSPS) is 20.6. The predicted octanol–water partition coefficient (Wildman–Crippen LogP) is 1.17. The van der Waals surface area contributed by atoms with Crippen LogP contribution in [0.15, 0.2) is 12.5 Å². The van der Waals surface area contributed by atoms with Crippen molar-refractivity contribution in [1.82, 2.24) is 14.5 Å². The molecule has 3 rings (SSSR count). The molecule has 0 amide bonds. The van der Waals surface area contributed by atoms with E-state index in [9.17, 15) is 0 Å². The Bertz CT molecular complexity index is 355. The first kappa shape index (κ1) is 10.3. The highest BCUT2D eigenvalue weighted by molar-refractivity contribution is 5.04. The number of rotatable bonds is 6. The van der Waals surface area contributed by atoms with Crippen LogP contribution in [-0.2, 0) is 6.54 Å². The van der Waals surface area contributed by atoms with Crippen LogP contribution >= 0.6 is 0 Å². The smallest absolute Gasteiger partial charge is 0.0951 e. The van der Waals surface area contributed by atoms with Crippen molar-refractivity contribution in [2.45, 2.75) is 44.3 Å². The van der Waals surface area contributed by atoms with Gasteiger partial charge in [0.05, 0.1) is 18.6 Å². The second kappa shape index (κ2) is 4.18. The molecule has 0 aliphatic heterocycles. The molecule has 1 heterocycles. The van der Waals surface area contributed by atoms with Crippen LogP contribution in [0.2, 0.25) is 0 Å². The Morgan fingerprint density at radius 3 is 2.81 bits per heavy atom. The summed E-state index contributed by atoms with van der Waals surface area (Å²) in [5.41, 5.74) is 1.31. The molecule has 1 N–H and O–H groups in total. The van der Waals surface area contributed by atoms with E-state index in [2.05, 4.69) is 14.5 Å². The molecule has 1 aromatic rings. The fourth-order valence-electron chi connectivity index (χ4n) is 2.30. The molecular weight excluding hydrogens is 202 g/mol. The molecule has 2 aliphatic rings. The lowest BCUT2D eigenvalue weighted by Gasteiger charge is -2.21. The summed E-state index contributed by atoms with van der Waals surface area (Å²) in [6.45, 7) is 2.00. The fourth-order valence-corrected chi connectivity index (χ4v) is 2.30. The van der Waals surface area contributed by atoms with Gasteiger partial charge in [-0.25, -0.2) is 4.98 Å². The highest BCUT2D eigenvalue weighted by Gasteiger charge is 2.31. The second-order valence-corrected chi connectivity index (χ2v) is 4.95. The minimum Gasteiger partial charge on any atom is -0.395 e. The Hall–Kier alpha value is -0.870. The minimum absolute atomic E-state index is 0.258. The topological polar surface area (TPSA) is 41.3 Å². The number of aliphatic hydroxyl groups is 1. The first-order chi connectivity index (χ1) is 7.88. The molecule has 0 bridgehead atoms. The molecule has 0 aromatic carbocycles. The standard InChI is InChI=1S/C12H19N3O/c16-6-5-14(10-1-2-10)8-12-7-13-9-15(12)11-3-4-11/h7,9-11,16H,1-6,8H2. The minimum atomic E-state index is 0.258. The third-order valence-electron chi connectivity index (χ3n) is 3.50. The highest BCUT2D eigenvalue weighted by atomic mass is 16.3. The number of hydrogen-bond acceptors (Lipinski definition) is 3. The average Bonchev–Trinajstić information content (AvgIpc) is 3.18. The SMILES string of the molecule is OCCN(Cc1cncn1C1CC1)C1CC1. The van der Waals surface area contributed by atoms with Gasteiger partial charge in [0.15, 0.2) is 0 Å². The summed E-state index contributed by atoms with van der Waals surface area (Å²) in [6.07, 6.45) is 9.11. The third kappa shape index (κ3) is 2.13. The predicted molar refractivity (Wildman–Crippen MR) is 61.0 cm³/mol. The van der Waals surface area contributed by atoms with Crippen LogP contribution < -0.4 is 0 Å². The van der Waals surface area contributed by atoms with Crippen LogP contribution in [0.3, 0.4) is 0 Å². The summed E-state index contributed by atoms with van der Waals surface area (Å²) in [5, 5.41) is 9.07. The number of hydrogen-bond donors (Lipinski definition) is 1. The summed E-state index contributed by atoms with van der Waals surface area (Å²) in [5.74, 6) is 0. The van der Waals surface area contributed by atoms with Gasteiger partial charge in [0.25, 0.3) is 0 Å². The van der Waals surface area contributed by atoms with Gasteiger partial charge in [-0.1, -0.05) is 0 Å². The zero-order valence-corrected chi connectivity index (χ0v) is 9.55. The lowest BCUT2D eigenvalue weighted by atomic mass is 10.3. The molecule has 0 radical (unpaired) electrons. The van der Waals surface area contributed by atoms with Gasteiger partial charge in [0, 0.05) is 31.4 Å². The van der Waals surface area contributed by atoms with Crippen molar-refractivity contribution < 1.29 is 5.11 Å². The molecule has 0 unspecified atom stereocenters. The van der Waals surface area contributed by atoms with Crippen LogP contribution in [-0.4, -0.2) is 38.8 Å². The lowest BCUT2D eigenvalue weighted by Crippen LogP contribution is -2.29. The quantitative estimate of drug-likeness (QED) is 0.784. The van der Waals surface area contributed by atoms with E-state index in [0.29, 0.717) is 12.1 Å². The maximum absolute atomic E-state index is 9.07. The van der Waals surface area contributed by atoms with E-state index in [1.807, 2.05) is 12.5 Å². The first-order valence-corrected chi connectivity index (χ1v) is 6.24. The summed E-state index contributed by atoms with van der Waals surface area (Å²) < 4.78 is 2.31. The molecule has 2 saturated carbocycles. The van der Waals surface area contributed by atoms with Gasteiger partial charge < -0.3 is 9.67 Å². The fraction of sp³-hybridized carbons (Fsp3) is 0.750. The summed E-state index contributed by atoms with van der Waals surface area (Å²) in [7, 11) is 0. The summed E-state index contributed by atoms with van der Waals surface area (Å²) in [4.78, 5) is 6.63. The van der Waals surface area contributed by atoms with Crippen molar-refractivity contribution in [3.05, 3.63) is 18.2 Å². The Morgan fingerprint density at radius 2 is 2.19 bits per heavy atom. The molecule has 1 aromatic heterocycles. The van der Waals surface area contributed by atoms with Crippen molar-refractivity contribution in [1.29, 1.82) is 0 Å². The monoisotopic (exact) mass is 221 g/mol. The van der Waals surface area contributed by atoms with E-state index in [-0.39, 0.29) is 6.61 Å². The Kier molecular flexibility index (Phi) is 2.69. The zero-order valence-electron chi connectivity index (χ0n) is 9.55. The van der Waals surface area contributed by atoms with Gasteiger partial charge in [0.1, 0.15) is 0 Å². The van der Waals surface area contributed by atoms with E-state index >= 15 is 0 Å². The molecule has 2 aliphatic carbocycles. The maximum atomic E-state index is 9.07. The van der Waals surface area contributed by atoms with Crippen LogP contribution in [0.1, 0.15) is 37.4 Å². The van der Waals surface area contributed by atoms with E-state index in [4.69, 9.17) is 5.11 Å². The molecule has 0 saturated heterocycles. The van der Waals surface area contributed by atoms with Crippen LogP contribution in [0, 0.1) is 0 Å². The molecule has 0 spiro atoms. The van der Waals surface area contributed by atoms with Gasteiger partial charge >= 0.3 is 0 Å². The van der Waals surface area contributed by atoms with Gasteiger partial charge in [-0.3, -0.25) is 4.90 Å². The van der Waals surface area contributed by atoms with E-state index in [0.717, 1.165) is 13.1 Å². The number of aliphatic hydroxyl groups excluding tert-OH is 1. The average molecular weight is 221 g/mol. The Balaban J connectivity index is 1.68. The molecule has 88 valence electrons. The largest absolute Gasteiger partial charge is 0.395 e. The first-order valence-electron chi connectivity index (χ1n) is 6.24. The summed E-state index contributed by atoms with van der Waals surface area (Å²) in [6, 6.07) is 1.40. The van der Waals surface area contributed by atoms with Crippen molar-refractivity contribution >= 4 is 0 Å². The number of nitrogens with zero attached hydrogens (tertiary/aromatic N) is 3. The van der Waals surface area contributed by atoms with Gasteiger partial charge in [-0.2, -0.15) is 0 Å². The van der Waals surface area contributed by atoms with Crippen molar-refractivity contribution in [2.24, 2.45) is 0 Å². The lowest BCUT2D eigenvalue weighted by molar-refractivity contribution is 0.180. The highest BCUT2D eigenvalue weighted by Crippen LogP contribution is 2.36. The molecule has 0 atom stereocenters. The second-order valence-electron chi connectivity index (χ2n) is 4.95. The van der Waals surface area contributed by atoms with Crippen molar-refractivity contribution in [3.63, 3.8) is 0 Å². The third-order valence-corrected chi connectivity index (χ3v) is 3.50. The van der Waals surface area contributed by atoms with Crippen LogP contribution in [0.4, 0.5) is 0 Å². The van der Waals surface area contributed by atoms with E-state index < -0.39 is 0 Å². The number of aromatic nitrogens is 2. The molecule has 4 heteroatoms. The Morgan fingerprint density at radius 1 is 1.38 bits per heavy atom. The number of imidazole rings is 1. The van der Waals surface area contributed by atoms with Crippen LogP contribution in [0.5, 0.6) is 0 Å². The van der Waals surface area contributed by atoms with Gasteiger partial charge in [-0.05, 0) is 25.7 Å². The van der Waals surface area contributed by atoms with Gasteiger partial charge in [0.2, 0.25) is 0 Å². The molecular formula is C12H19N3O. The van der Waals surface area contributed by atoms with E-state index in [1.165, 1.54) is 31.4 Å². The molecule has 16 heavy (non-hydrogen) atoms.